The maximum atomic E-state index is 10.3. The first-order chi connectivity index (χ1) is 8.75. The van der Waals surface area contributed by atoms with Gasteiger partial charge in [0.2, 0.25) is 0 Å². The molecule has 3 unspecified atom stereocenters. The molecule has 92 valence electrons. The molecule has 1 aliphatic carbocycles. The maximum absolute atomic E-state index is 10.3. The van der Waals surface area contributed by atoms with Crippen molar-refractivity contribution in [3.63, 3.8) is 0 Å². The van der Waals surface area contributed by atoms with E-state index < -0.39 is 6.10 Å². The second-order valence-electron chi connectivity index (χ2n) is 4.98. The molecule has 0 spiro atoms. The van der Waals surface area contributed by atoms with Crippen LogP contribution in [0.4, 0.5) is 0 Å². The molecule has 1 heterocycles. The monoisotopic (exact) mass is 240 g/mol. The van der Waals surface area contributed by atoms with Crippen molar-refractivity contribution >= 4 is 0 Å². The molecule has 0 aliphatic heterocycles. The molecule has 1 aromatic carbocycles. The summed E-state index contributed by atoms with van der Waals surface area (Å²) in [5, 5.41) is 10.3. The van der Waals surface area contributed by atoms with Gasteiger partial charge in [0.1, 0.15) is 6.10 Å². The zero-order valence-electron chi connectivity index (χ0n) is 10.3. The summed E-state index contributed by atoms with van der Waals surface area (Å²) in [6.07, 6.45) is 3.98. The van der Waals surface area contributed by atoms with Crippen molar-refractivity contribution in [1.29, 1.82) is 0 Å². The van der Waals surface area contributed by atoms with Crippen molar-refractivity contribution in [3.8, 4) is 0 Å². The van der Waals surface area contributed by atoms with Crippen LogP contribution in [-0.4, -0.2) is 15.1 Å². The molecule has 1 fully saturated rings. The van der Waals surface area contributed by atoms with Crippen LogP contribution in [0, 0.1) is 12.8 Å². The molecule has 3 nitrogen and oxygen atoms in total. The number of rotatable bonds is 3. The second-order valence-corrected chi connectivity index (χ2v) is 4.98. The van der Waals surface area contributed by atoms with E-state index in [1.165, 1.54) is 5.56 Å². The Balaban J connectivity index is 1.73. The summed E-state index contributed by atoms with van der Waals surface area (Å²) in [5.74, 6) is 1.25. The molecule has 3 heteroatoms. The number of benzene rings is 1. The fourth-order valence-corrected chi connectivity index (χ4v) is 2.39. The number of aliphatic hydroxyl groups is 1. The largest absolute Gasteiger partial charge is 0.385 e. The molecule has 18 heavy (non-hydrogen) atoms. The Morgan fingerprint density at radius 2 is 1.83 bits per heavy atom. The fourth-order valence-electron chi connectivity index (χ4n) is 2.39. The Morgan fingerprint density at radius 3 is 2.50 bits per heavy atom. The van der Waals surface area contributed by atoms with Crippen LogP contribution in [0.25, 0.3) is 0 Å². The highest BCUT2D eigenvalue weighted by Gasteiger charge is 2.44. The Bertz CT molecular complexity index is 524. The van der Waals surface area contributed by atoms with Crippen LogP contribution >= 0.6 is 0 Å². The van der Waals surface area contributed by atoms with Gasteiger partial charge in [0.25, 0.3) is 0 Å². The molecule has 0 bridgehead atoms. The fraction of sp³-hybridized carbons (Fsp3) is 0.333. The van der Waals surface area contributed by atoms with Crippen LogP contribution in [0.1, 0.15) is 35.4 Å². The number of aryl methyl sites for hydroxylation is 1. The number of hydrogen-bond donors (Lipinski definition) is 1. The normalized spacial score (nSPS) is 23.7. The maximum Gasteiger partial charge on any atom is 0.157 e. The third kappa shape index (κ3) is 2.14. The lowest BCUT2D eigenvalue weighted by atomic mass is 10.1. The lowest BCUT2D eigenvalue weighted by Gasteiger charge is -2.08. The summed E-state index contributed by atoms with van der Waals surface area (Å²) < 4.78 is 0. The molecule has 3 atom stereocenters. The number of aliphatic hydroxyl groups excluding tert-OH is 1. The highest BCUT2D eigenvalue weighted by atomic mass is 16.3. The minimum atomic E-state index is -0.546. The Labute approximate surface area is 107 Å². The first-order valence-electron chi connectivity index (χ1n) is 6.27. The summed E-state index contributed by atoms with van der Waals surface area (Å²) in [6.45, 7) is 1.94. The Kier molecular flexibility index (Phi) is 2.84. The van der Waals surface area contributed by atoms with Gasteiger partial charge in [-0.25, -0.2) is 9.97 Å². The zero-order chi connectivity index (χ0) is 12.5. The summed E-state index contributed by atoms with van der Waals surface area (Å²) in [7, 11) is 0. The third-order valence-corrected chi connectivity index (χ3v) is 3.54. The van der Waals surface area contributed by atoms with Crippen LogP contribution in [0.5, 0.6) is 0 Å². The molecule has 1 aliphatic rings. The van der Waals surface area contributed by atoms with Crippen LogP contribution in [-0.2, 0) is 0 Å². The predicted octanol–water partition coefficient (Wildman–Crippen LogP) is 2.62. The molecule has 1 saturated carbocycles. The Morgan fingerprint density at radius 1 is 1.17 bits per heavy atom. The number of hydrogen-bond acceptors (Lipinski definition) is 3. The minimum absolute atomic E-state index is 0.259. The predicted molar refractivity (Wildman–Crippen MR) is 69.0 cm³/mol. The van der Waals surface area contributed by atoms with E-state index in [4.69, 9.17) is 0 Å². The summed E-state index contributed by atoms with van der Waals surface area (Å²) in [4.78, 5) is 8.41. The van der Waals surface area contributed by atoms with E-state index in [1.807, 2.05) is 25.1 Å². The van der Waals surface area contributed by atoms with Crippen molar-refractivity contribution in [1.82, 2.24) is 9.97 Å². The molecule has 0 radical (unpaired) electrons. The minimum Gasteiger partial charge on any atom is -0.385 e. The van der Waals surface area contributed by atoms with Gasteiger partial charge in [-0.3, -0.25) is 0 Å². The lowest BCUT2D eigenvalue weighted by molar-refractivity contribution is 0.141. The quantitative estimate of drug-likeness (QED) is 0.897. The molecule has 1 N–H and O–H groups in total. The van der Waals surface area contributed by atoms with Crippen molar-refractivity contribution < 1.29 is 5.11 Å². The second kappa shape index (κ2) is 4.50. The van der Waals surface area contributed by atoms with Crippen LogP contribution < -0.4 is 0 Å². The smallest absolute Gasteiger partial charge is 0.157 e. The van der Waals surface area contributed by atoms with Gasteiger partial charge < -0.3 is 5.11 Å². The van der Waals surface area contributed by atoms with Gasteiger partial charge in [0.15, 0.2) is 5.82 Å². The summed E-state index contributed by atoms with van der Waals surface area (Å²) >= 11 is 0. The van der Waals surface area contributed by atoms with E-state index in [0.29, 0.717) is 11.7 Å². The standard InChI is InChI=1S/C15H16N2O/c1-10-8-16-15(17-9-10)14(18)13-7-12(13)11-5-3-2-4-6-11/h2-6,8-9,12-14,18H,7H2,1H3. The van der Waals surface area contributed by atoms with E-state index in [2.05, 4.69) is 22.1 Å². The topological polar surface area (TPSA) is 46.0 Å². The number of nitrogens with zero attached hydrogens (tertiary/aromatic N) is 2. The van der Waals surface area contributed by atoms with Crippen molar-refractivity contribution in [2.75, 3.05) is 0 Å². The zero-order valence-corrected chi connectivity index (χ0v) is 10.3. The molecule has 2 aromatic rings. The van der Waals surface area contributed by atoms with E-state index in [1.54, 1.807) is 12.4 Å². The number of aromatic nitrogens is 2. The highest BCUT2D eigenvalue weighted by molar-refractivity contribution is 5.27. The Hall–Kier alpha value is -1.74. The third-order valence-electron chi connectivity index (χ3n) is 3.54. The van der Waals surface area contributed by atoms with E-state index in [0.717, 1.165) is 12.0 Å². The van der Waals surface area contributed by atoms with E-state index in [9.17, 15) is 5.11 Å². The van der Waals surface area contributed by atoms with Crippen LogP contribution in [0.2, 0.25) is 0 Å². The van der Waals surface area contributed by atoms with Gasteiger partial charge in [-0.2, -0.15) is 0 Å². The lowest BCUT2D eigenvalue weighted by Crippen LogP contribution is -2.06. The van der Waals surface area contributed by atoms with Crippen molar-refractivity contribution in [3.05, 3.63) is 59.7 Å². The molecule has 0 saturated heterocycles. The van der Waals surface area contributed by atoms with Gasteiger partial charge >= 0.3 is 0 Å². The van der Waals surface area contributed by atoms with Gasteiger partial charge in [-0.15, -0.1) is 0 Å². The van der Waals surface area contributed by atoms with Crippen LogP contribution in [0.3, 0.4) is 0 Å². The molecular weight excluding hydrogens is 224 g/mol. The van der Waals surface area contributed by atoms with Gasteiger partial charge in [0, 0.05) is 12.4 Å². The van der Waals surface area contributed by atoms with Crippen molar-refractivity contribution in [2.24, 2.45) is 5.92 Å². The summed E-state index contributed by atoms with van der Waals surface area (Å²) in [5.41, 5.74) is 2.31. The van der Waals surface area contributed by atoms with Gasteiger partial charge in [-0.1, -0.05) is 30.3 Å². The van der Waals surface area contributed by atoms with Gasteiger partial charge in [0.05, 0.1) is 0 Å². The molecule has 0 amide bonds. The SMILES string of the molecule is Cc1cnc(C(O)C2CC2c2ccccc2)nc1. The molecule has 1 aromatic heterocycles. The average Bonchev–Trinajstić information content (AvgIpc) is 3.20. The van der Waals surface area contributed by atoms with E-state index >= 15 is 0 Å². The highest BCUT2D eigenvalue weighted by Crippen LogP contribution is 2.53. The van der Waals surface area contributed by atoms with Crippen LogP contribution in [0.15, 0.2) is 42.7 Å². The summed E-state index contributed by atoms with van der Waals surface area (Å²) in [6, 6.07) is 10.3. The molecule has 3 rings (SSSR count). The first-order valence-corrected chi connectivity index (χ1v) is 6.27. The molecular formula is C15H16N2O. The van der Waals surface area contributed by atoms with Gasteiger partial charge in [-0.05, 0) is 36.3 Å². The van der Waals surface area contributed by atoms with Crippen molar-refractivity contribution in [2.45, 2.75) is 25.4 Å². The van der Waals surface area contributed by atoms with E-state index in [-0.39, 0.29) is 5.92 Å². The first kappa shape index (κ1) is 11.4. The average molecular weight is 240 g/mol.